The summed E-state index contributed by atoms with van der Waals surface area (Å²) in [5, 5.41) is 2.83. The van der Waals surface area contributed by atoms with Crippen molar-refractivity contribution in [1.29, 1.82) is 0 Å². The van der Waals surface area contributed by atoms with E-state index in [0.29, 0.717) is 19.0 Å². The molecule has 0 bridgehead atoms. The van der Waals surface area contributed by atoms with E-state index in [1.54, 1.807) is 0 Å². The summed E-state index contributed by atoms with van der Waals surface area (Å²) in [5.74, 6) is 0.504. The lowest BCUT2D eigenvalue weighted by Crippen LogP contribution is -2.49. The van der Waals surface area contributed by atoms with Crippen LogP contribution in [0, 0.1) is 5.92 Å². The van der Waals surface area contributed by atoms with Crippen molar-refractivity contribution in [3.8, 4) is 0 Å². The average Bonchev–Trinajstić information content (AvgIpc) is 2.66. The van der Waals surface area contributed by atoms with Gasteiger partial charge in [0.1, 0.15) is 5.60 Å². The number of nitrogens with one attached hydrogen (secondary N) is 1. The Hall–Kier alpha value is -0.810. The van der Waals surface area contributed by atoms with Crippen LogP contribution in [0.4, 0.5) is 4.79 Å². The second kappa shape index (κ2) is 5.29. The minimum absolute atomic E-state index is 0.0598. The molecule has 110 valence electrons. The van der Waals surface area contributed by atoms with Gasteiger partial charge in [0.05, 0.1) is 11.7 Å². The van der Waals surface area contributed by atoms with Crippen molar-refractivity contribution in [3.05, 3.63) is 0 Å². The number of carbonyl (C=O) groups excluding carboxylic acids is 1. The number of hydrogen-bond donors (Lipinski definition) is 2. The monoisotopic (exact) mass is 270 g/mol. The third-order valence-corrected chi connectivity index (χ3v) is 3.86. The molecule has 0 aromatic heterocycles. The Morgan fingerprint density at radius 3 is 2.68 bits per heavy atom. The molecular formula is C14H26N2O3. The second-order valence-electron chi connectivity index (χ2n) is 6.85. The van der Waals surface area contributed by atoms with Crippen molar-refractivity contribution in [3.63, 3.8) is 0 Å². The normalized spacial score (nSPS) is 34.1. The summed E-state index contributed by atoms with van der Waals surface area (Å²) in [4.78, 5) is 11.5. The molecule has 1 atom stereocenters. The van der Waals surface area contributed by atoms with E-state index >= 15 is 0 Å². The smallest absolute Gasteiger partial charge is 0.407 e. The molecule has 1 heterocycles. The van der Waals surface area contributed by atoms with E-state index in [1.165, 1.54) is 0 Å². The molecule has 1 amide bonds. The van der Waals surface area contributed by atoms with Crippen LogP contribution in [0.5, 0.6) is 0 Å². The lowest BCUT2D eigenvalue weighted by atomic mass is 9.69. The van der Waals surface area contributed by atoms with Crippen LogP contribution >= 0.6 is 0 Å². The van der Waals surface area contributed by atoms with Crippen molar-refractivity contribution in [1.82, 2.24) is 5.32 Å². The van der Waals surface area contributed by atoms with E-state index in [9.17, 15) is 4.79 Å². The molecule has 0 radical (unpaired) electrons. The third-order valence-electron chi connectivity index (χ3n) is 3.86. The molecule has 1 unspecified atom stereocenters. The van der Waals surface area contributed by atoms with Crippen LogP contribution in [0.3, 0.4) is 0 Å². The van der Waals surface area contributed by atoms with Crippen LogP contribution in [0.15, 0.2) is 0 Å². The van der Waals surface area contributed by atoms with Crippen molar-refractivity contribution in [2.75, 3.05) is 13.1 Å². The predicted molar refractivity (Wildman–Crippen MR) is 72.9 cm³/mol. The topological polar surface area (TPSA) is 73.6 Å². The zero-order chi connectivity index (χ0) is 14.1. The molecular weight excluding hydrogens is 244 g/mol. The first-order chi connectivity index (χ1) is 8.82. The van der Waals surface area contributed by atoms with Gasteiger partial charge in [0.25, 0.3) is 0 Å². The molecule has 2 fully saturated rings. The lowest BCUT2D eigenvalue weighted by Gasteiger charge is -2.45. The Morgan fingerprint density at radius 1 is 1.47 bits per heavy atom. The van der Waals surface area contributed by atoms with Gasteiger partial charge in [0.2, 0.25) is 0 Å². The molecule has 3 N–H and O–H groups in total. The van der Waals surface area contributed by atoms with E-state index in [4.69, 9.17) is 15.2 Å². The largest absolute Gasteiger partial charge is 0.444 e. The Morgan fingerprint density at radius 2 is 2.16 bits per heavy atom. The molecule has 19 heavy (non-hydrogen) atoms. The van der Waals surface area contributed by atoms with Crippen molar-refractivity contribution < 1.29 is 14.3 Å². The summed E-state index contributed by atoms with van der Waals surface area (Å²) in [6.45, 7) is 6.88. The van der Waals surface area contributed by atoms with Gasteiger partial charge in [-0.1, -0.05) is 0 Å². The molecule has 1 saturated heterocycles. The molecule has 1 spiro atoms. The SMILES string of the molecule is CC(C)(C)OC(=O)NCC1CC2(CCC(CN)O2)C1. The highest BCUT2D eigenvalue weighted by molar-refractivity contribution is 5.67. The Labute approximate surface area is 115 Å². The first-order valence-electron chi connectivity index (χ1n) is 7.17. The minimum atomic E-state index is -0.437. The van der Waals surface area contributed by atoms with Gasteiger partial charge in [-0.2, -0.15) is 0 Å². The minimum Gasteiger partial charge on any atom is -0.444 e. The van der Waals surface area contributed by atoms with E-state index in [2.05, 4.69) is 5.32 Å². The molecule has 1 aliphatic heterocycles. The summed E-state index contributed by atoms with van der Waals surface area (Å²) in [6.07, 6.45) is 4.14. The third kappa shape index (κ3) is 3.83. The van der Waals surface area contributed by atoms with Crippen molar-refractivity contribution in [2.24, 2.45) is 11.7 Å². The highest BCUT2D eigenvalue weighted by Gasteiger charge is 2.49. The highest BCUT2D eigenvalue weighted by Crippen LogP contribution is 2.48. The highest BCUT2D eigenvalue weighted by atomic mass is 16.6. The number of nitrogens with two attached hydrogens (primary N) is 1. The fraction of sp³-hybridized carbons (Fsp3) is 0.929. The Bertz CT molecular complexity index is 332. The molecule has 2 aliphatic rings. The molecule has 0 aromatic carbocycles. The van der Waals surface area contributed by atoms with E-state index < -0.39 is 5.60 Å². The van der Waals surface area contributed by atoms with Crippen LogP contribution in [0.2, 0.25) is 0 Å². The number of alkyl carbamates (subject to hydrolysis) is 1. The number of hydrogen-bond acceptors (Lipinski definition) is 4. The standard InChI is InChI=1S/C14H26N2O3/c1-13(2,3)19-12(17)16-9-10-6-14(7-10)5-4-11(8-15)18-14/h10-11H,4-9,15H2,1-3H3,(H,16,17). The maximum atomic E-state index is 11.5. The van der Waals surface area contributed by atoms with Crippen molar-refractivity contribution in [2.45, 2.75) is 63.8 Å². The maximum absolute atomic E-state index is 11.5. The van der Waals surface area contributed by atoms with Gasteiger partial charge in [-0.05, 0) is 52.4 Å². The summed E-state index contributed by atoms with van der Waals surface area (Å²) in [6, 6.07) is 0. The molecule has 2 rings (SSSR count). The summed E-state index contributed by atoms with van der Waals surface area (Å²) in [5.41, 5.74) is 5.25. The molecule has 0 aromatic rings. The molecule has 1 aliphatic carbocycles. The fourth-order valence-corrected chi connectivity index (χ4v) is 3.04. The maximum Gasteiger partial charge on any atom is 0.407 e. The van der Waals surface area contributed by atoms with Gasteiger partial charge < -0.3 is 20.5 Å². The predicted octanol–water partition coefficient (Wildman–Crippen LogP) is 1.80. The van der Waals surface area contributed by atoms with Crippen LogP contribution < -0.4 is 11.1 Å². The van der Waals surface area contributed by atoms with Gasteiger partial charge in [-0.3, -0.25) is 0 Å². The second-order valence-corrected chi connectivity index (χ2v) is 6.85. The van der Waals surface area contributed by atoms with Gasteiger partial charge in [0.15, 0.2) is 0 Å². The summed E-state index contributed by atoms with van der Waals surface area (Å²) >= 11 is 0. The molecule has 1 saturated carbocycles. The Kier molecular flexibility index (Phi) is 4.06. The molecule has 5 nitrogen and oxygen atoms in total. The quantitative estimate of drug-likeness (QED) is 0.820. The Balaban J connectivity index is 1.64. The van der Waals surface area contributed by atoms with Crippen molar-refractivity contribution >= 4 is 6.09 Å². The van der Waals surface area contributed by atoms with E-state index in [-0.39, 0.29) is 17.8 Å². The first kappa shape index (κ1) is 14.6. The van der Waals surface area contributed by atoms with Crippen LogP contribution in [0.1, 0.15) is 46.5 Å². The van der Waals surface area contributed by atoms with E-state index in [1.807, 2.05) is 20.8 Å². The number of ether oxygens (including phenoxy) is 2. The van der Waals surface area contributed by atoms with Crippen LogP contribution in [0.25, 0.3) is 0 Å². The number of amides is 1. The van der Waals surface area contributed by atoms with Gasteiger partial charge in [-0.25, -0.2) is 4.79 Å². The zero-order valence-electron chi connectivity index (χ0n) is 12.2. The first-order valence-corrected chi connectivity index (χ1v) is 7.17. The summed E-state index contributed by atoms with van der Waals surface area (Å²) < 4.78 is 11.2. The lowest BCUT2D eigenvalue weighted by molar-refractivity contribution is -0.116. The molecule has 5 heteroatoms. The number of carbonyl (C=O) groups is 1. The zero-order valence-corrected chi connectivity index (χ0v) is 12.2. The number of rotatable bonds is 3. The summed E-state index contributed by atoms with van der Waals surface area (Å²) in [7, 11) is 0. The fourth-order valence-electron chi connectivity index (χ4n) is 3.04. The van der Waals surface area contributed by atoms with Gasteiger partial charge in [0, 0.05) is 13.1 Å². The van der Waals surface area contributed by atoms with Gasteiger partial charge >= 0.3 is 6.09 Å². The van der Waals surface area contributed by atoms with Crippen LogP contribution in [-0.2, 0) is 9.47 Å². The van der Waals surface area contributed by atoms with E-state index in [0.717, 1.165) is 25.7 Å². The van der Waals surface area contributed by atoms with Crippen LogP contribution in [-0.4, -0.2) is 36.5 Å². The van der Waals surface area contributed by atoms with Gasteiger partial charge in [-0.15, -0.1) is 0 Å². The average molecular weight is 270 g/mol.